The highest BCUT2D eigenvalue weighted by atomic mass is 16.5. The van der Waals surface area contributed by atoms with Gasteiger partial charge in [0.15, 0.2) is 0 Å². The van der Waals surface area contributed by atoms with Crippen LogP contribution in [0.3, 0.4) is 0 Å². The molecule has 1 aromatic carbocycles. The molecule has 19 heavy (non-hydrogen) atoms. The minimum atomic E-state index is -1.07. The Morgan fingerprint density at radius 1 is 1.26 bits per heavy atom. The third-order valence-corrected chi connectivity index (χ3v) is 2.96. The summed E-state index contributed by atoms with van der Waals surface area (Å²) in [5, 5.41) is 3.50. The molecule has 2 N–H and O–H groups in total. The molecule has 0 saturated carbocycles. The second kappa shape index (κ2) is 4.76. The molecular formula is C14H16N2O3. The largest absolute Gasteiger partial charge is 0.467 e. The third-order valence-electron chi connectivity index (χ3n) is 2.96. The number of nitrogens with one attached hydrogen (secondary N) is 2. The zero-order valence-corrected chi connectivity index (χ0v) is 11.1. The van der Waals surface area contributed by atoms with E-state index < -0.39 is 11.5 Å². The van der Waals surface area contributed by atoms with E-state index in [-0.39, 0.29) is 5.91 Å². The average Bonchev–Trinajstić information content (AvgIpc) is 2.84. The molecule has 0 atom stereocenters. The van der Waals surface area contributed by atoms with Gasteiger partial charge in [-0.1, -0.05) is 6.07 Å². The Balaban J connectivity index is 2.30. The van der Waals surface area contributed by atoms with Crippen LogP contribution >= 0.6 is 0 Å². The maximum Gasteiger partial charge on any atom is 0.330 e. The zero-order chi connectivity index (χ0) is 14.0. The number of rotatable bonds is 3. The predicted molar refractivity (Wildman–Crippen MR) is 71.9 cm³/mol. The second-order valence-electron chi connectivity index (χ2n) is 4.82. The molecule has 0 aliphatic heterocycles. The lowest BCUT2D eigenvalue weighted by Crippen LogP contribution is -2.50. The number of carbonyl (C=O) groups is 2. The summed E-state index contributed by atoms with van der Waals surface area (Å²) in [6.45, 7) is 3.21. The topological polar surface area (TPSA) is 71.2 Å². The van der Waals surface area contributed by atoms with Crippen LogP contribution in [0.15, 0.2) is 30.5 Å². The number of esters is 1. The van der Waals surface area contributed by atoms with Crippen molar-refractivity contribution < 1.29 is 14.3 Å². The van der Waals surface area contributed by atoms with E-state index in [1.165, 1.54) is 7.11 Å². The standard InChI is InChI=1S/C14H16N2O3/c1-14(2,13(18)19-3)16-12(17)10-5-4-6-11-9(10)7-8-15-11/h4-8,15H,1-3H3,(H,16,17). The van der Waals surface area contributed by atoms with Gasteiger partial charge in [0, 0.05) is 22.7 Å². The quantitative estimate of drug-likeness (QED) is 0.827. The Morgan fingerprint density at radius 3 is 2.68 bits per heavy atom. The fraction of sp³-hybridized carbons (Fsp3) is 0.286. The molecule has 100 valence electrons. The van der Waals surface area contributed by atoms with Crippen molar-refractivity contribution in [3.05, 3.63) is 36.0 Å². The summed E-state index contributed by atoms with van der Waals surface area (Å²) in [5.74, 6) is -0.789. The minimum absolute atomic E-state index is 0.305. The SMILES string of the molecule is COC(=O)C(C)(C)NC(=O)c1cccc2[nH]ccc12. The number of ether oxygens (including phenoxy) is 1. The van der Waals surface area contributed by atoms with Crippen LogP contribution in [-0.2, 0) is 9.53 Å². The van der Waals surface area contributed by atoms with Crippen molar-refractivity contribution in [2.45, 2.75) is 19.4 Å². The highest BCUT2D eigenvalue weighted by Gasteiger charge is 2.31. The molecule has 1 amide bonds. The first-order valence-electron chi connectivity index (χ1n) is 5.93. The molecule has 0 spiro atoms. The van der Waals surface area contributed by atoms with Crippen LogP contribution in [0.1, 0.15) is 24.2 Å². The van der Waals surface area contributed by atoms with E-state index in [0.29, 0.717) is 5.56 Å². The van der Waals surface area contributed by atoms with Crippen LogP contribution in [0.5, 0.6) is 0 Å². The summed E-state index contributed by atoms with van der Waals surface area (Å²) in [4.78, 5) is 26.9. The summed E-state index contributed by atoms with van der Waals surface area (Å²) in [7, 11) is 1.29. The Bertz CT molecular complexity index is 628. The number of carbonyl (C=O) groups excluding carboxylic acids is 2. The van der Waals surface area contributed by atoms with Crippen LogP contribution in [0.2, 0.25) is 0 Å². The number of amides is 1. The lowest BCUT2D eigenvalue weighted by atomic mass is 10.0. The summed E-state index contributed by atoms with van der Waals surface area (Å²) < 4.78 is 4.66. The average molecular weight is 260 g/mol. The van der Waals surface area contributed by atoms with Gasteiger partial charge in [-0.25, -0.2) is 4.79 Å². The second-order valence-corrected chi connectivity index (χ2v) is 4.82. The van der Waals surface area contributed by atoms with E-state index in [1.54, 1.807) is 32.2 Å². The molecule has 0 saturated heterocycles. The van der Waals surface area contributed by atoms with Gasteiger partial charge in [-0.3, -0.25) is 4.79 Å². The van der Waals surface area contributed by atoms with Crippen molar-refractivity contribution in [2.75, 3.05) is 7.11 Å². The van der Waals surface area contributed by atoms with Gasteiger partial charge < -0.3 is 15.0 Å². The van der Waals surface area contributed by atoms with Gasteiger partial charge in [-0.05, 0) is 32.0 Å². The van der Waals surface area contributed by atoms with Gasteiger partial charge in [0.25, 0.3) is 5.91 Å². The molecule has 0 radical (unpaired) electrons. The van der Waals surface area contributed by atoms with Gasteiger partial charge in [0.2, 0.25) is 0 Å². The van der Waals surface area contributed by atoms with Crippen molar-refractivity contribution >= 4 is 22.8 Å². The third kappa shape index (κ3) is 2.45. The normalized spacial score (nSPS) is 11.3. The molecule has 0 aliphatic rings. The maximum absolute atomic E-state index is 12.3. The monoisotopic (exact) mass is 260 g/mol. The van der Waals surface area contributed by atoms with Gasteiger partial charge in [0.1, 0.15) is 5.54 Å². The molecule has 1 aromatic heterocycles. The maximum atomic E-state index is 12.3. The first kappa shape index (κ1) is 13.1. The Hall–Kier alpha value is -2.30. The smallest absolute Gasteiger partial charge is 0.330 e. The Labute approximate surface area is 110 Å². The molecule has 5 heteroatoms. The summed E-state index contributed by atoms with van der Waals surface area (Å²) in [6.07, 6.45) is 1.77. The molecule has 0 bridgehead atoms. The van der Waals surface area contributed by atoms with E-state index in [2.05, 4.69) is 15.0 Å². The number of aromatic nitrogens is 1. The highest BCUT2D eigenvalue weighted by Crippen LogP contribution is 2.18. The zero-order valence-electron chi connectivity index (χ0n) is 11.1. The van der Waals surface area contributed by atoms with Crippen molar-refractivity contribution in [2.24, 2.45) is 0 Å². The number of hydrogen-bond donors (Lipinski definition) is 2. The molecule has 5 nitrogen and oxygen atoms in total. The van der Waals surface area contributed by atoms with Crippen LogP contribution in [-0.4, -0.2) is 29.5 Å². The number of methoxy groups -OCH3 is 1. The van der Waals surface area contributed by atoms with Gasteiger partial charge in [-0.15, -0.1) is 0 Å². The van der Waals surface area contributed by atoms with Crippen molar-refractivity contribution in [3.8, 4) is 0 Å². The van der Waals surface area contributed by atoms with E-state index in [1.807, 2.05) is 12.1 Å². The lowest BCUT2D eigenvalue weighted by molar-refractivity contribution is -0.146. The van der Waals surface area contributed by atoms with E-state index in [0.717, 1.165) is 10.9 Å². The molecular weight excluding hydrogens is 244 g/mol. The Morgan fingerprint density at radius 2 is 2.00 bits per heavy atom. The summed E-state index contributed by atoms with van der Waals surface area (Å²) in [5.41, 5.74) is 0.337. The van der Waals surface area contributed by atoms with Crippen molar-refractivity contribution in [3.63, 3.8) is 0 Å². The van der Waals surface area contributed by atoms with Gasteiger partial charge >= 0.3 is 5.97 Å². The minimum Gasteiger partial charge on any atom is -0.467 e. The number of fused-ring (bicyclic) bond motifs is 1. The van der Waals surface area contributed by atoms with Gasteiger partial charge in [-0.2, -0.15) is 0 Å². The van der Waals surface area contributed by atoms with Crippen LogP contribution < -0.4 is 5.32 Å². The highest BCUT2D eigenvalue weighted by molar-refractivity contribution is 6.07. The number of H-pyrrole nitrogens is 1. The molecule has 0 aliphatic carbocycles. The van der Waals surface area contributed by atoms with Crippen LogP contribution in [0.25, 0.3) is 10.9 Å². The van der Waals surface area contributed by atoms with Crippen molar-refractivity contribution in [1.82, 2.24) is 10.3 Å². The van der Waals surface area contributed by atoms with Crippen molar-refractivity contribution in [1.29, 1.82) is 0 Å². The summed E-state index contributed by atoms with van der Waals surface area (Å²) >= 11 is 0. The molecule has 0 unspecified atom stereocenters. The lowest BCUT2D eigenvalue weighted by Gasteiger charge is -2.23. The molecule has 0 fully saturated rings. The van der Waals surface area contributed by atoms with Gasteiger partial charge in [0.05, 0.1) is 7.11 Å². The molecule has 1 heterocycles. The van der Waals surface area contributed by atoms with Crippen LogP contribution in [0.4, 0.5) is 0 Å². The number of hydrogen-bond acceptors (Lipinski definition) is 3. The fourth-order valence-electron chi connectivity index (χ4n) is 1.94. The first-order chi connectivity index (χ1) is 8.95. The van der Waals surface area contributed by atoms with Crippen LogP contribution in [0, 0.1) is 0 Å². The predicted octanol–water partition coefficient (Wildman–Crippen LogP) is 1.85. The Kier molecular flexibility index (Phi) is 3.29. The van der Waals surface area contributed by atoms with E-state index in [4.69, 9.17) is 0 Å². The number of aromatic amines is 1. The fourth-order valence-corrected chi connectivity index (χ4v) is 1.94. The molecule has 2 aromatic rings. The van der Waals surface area contributed by atoms with E-state index >= 15 is 0 Å². The molecule has 2 rings (SSSR count). The van der Waals surface area contributed by atoms with E-state index in [9.17, 15) is 9.59 Å². The first-order valence-corrected chi connectivity index (χ1v) is 5.93. The summed E-state index contributed by atoms with van der Waals surface area (Å²) in [6, 6.07) is 7.23. The number of benzene rings is 1.